The number of amides is 1. The summed E-state index contributed by atoms with van der Waals surface area (Å²) in [6.07, 6.45) is 0.324. The average molecular weight is 567 g/mol. The first kappa shape index (κ1) is 31.5. The van der Waals surface area contributed by atoms with Crippen molar-refractivity contribution in [2.75, 3.05) is 33.1 Å². The Labute approximate surface area is 226 Å². The third kappa shape index (κ3) is 4.10. The van der Waals surface area contributed by atoms with E-state index in [-0.39, 0.29) is 66.9 Å². The molecule has 0 aliphatic heterocycles. The van der Waals surface area contributed by atoms with Crippen LogP contribution in [0.3, 0.4) is 0 Å². The summed E-state index contributed by atoms with van der Waals surface area (Å²) < 4.78 is 0. The maximum Gasteiger partial charge on any atom is 0.255 e. The lowest BCUT2D eigenvalue weighted by molar-refractivity contribution is -0.153. The quantitative estimate of drug-likeness (QED) is 0.339. The summed E-state index contributed by atoms with van der Waals surface area (Å²) in [5.74, 6) is -6.54. The molecule has 0 bridgehead atoms. The van der Waals surface area contributed by atoms with E-state index >= 15 is 0 Å². The Hall–Kier alpha value is -2.50. The summed E-state index contributed by atoms with van der Waals surface area (Å²) in [5, 5.41) is 43.9. The number of primary amides is 1. The predicted molar refractivity (Wildman–Crippen MR) is 140 cm³/mol. The molecule has 3 aliphatic rings. The number of anilines is 1. The molecule has 0 unspecified atom stereocenters. The van der Waals surface area contributed by atoms with E-state index in [1.165, 1.54) is 11.0 Å². The molecule has 4 atom stereocenters. The zero-order valence-electron chi connectivity index (χ0n) is 20.0. The number of Topliss-reactive ketones (excluding diaryl/α,β-unsaturated/α-hetero) is 2. The van der Waals surface area contributed by atoms with Crippen LogP contribution in [0.25, 0.3) is 5.76 Å². The molecule has 0 spiro atoms. The van der Waals surface area contributed by atoms with E-state index in [1.54, 1.807) is 20.2 Å². The average Bonchev–Trinajstić information content (AvgIpc) is 2.70. The number of hydrogen-bond donors (Lipinski definition) is 5. The summed E-state index contributed by atoms with van der Waals surface area (Å²) in [7, 11) is 6.75. The highest BCUT2D eigenvalue weighted by molar-refractivity contribution is 6.24. The van der Waals surface area contributed by atoms with Gasteiger partial charge in [0.1, 0.15) is 22.8 Å². The highest BCUT2D eigenvalue weighted by Crippen LogP contribution is 2.53. The molecule has 0 radical (unpaired) electrons. The number of fused-ring (bicyclic) bond motifs is 3. The monoisotopic (exact) mass is 565 g/mol. The molecule has 10 nitrogen and oxygen atoms in total. The first-order valence-corrected chi connectivity index (χ1v) is 10.5. The Bertz CT molecular complexity index is 1180. The Balaban J connectivity index is 0.00000216. The molecular weight excluding hydrogens is 537 g/mol. The van der Waals surface area contributed by atoms with Gasteiger partial charge in [-0.15, -0.1) is 37.2 Å². The zero-order chi connectivity index (χ0) is 24.6. The lowest BCUT2D eigenvalue weighted by atomic mass is 9.57. The van der Waals surface area contributed by atoms with E-state index in [4.69, 9.17) is 5.73 Å². The Kier molecular flexibility index (Phi) is 9.17. The van der Waals surface area contributed by atoms with Gasteiger partial charge in [0.25, 0.3) is 5.91 Å². The molecule has 4 rings (SSSR count). The number of aromatic hydroxyl groups is 1. The molecule has 1 aromatic carbocycles. The second-order valence-corrected chi connectivity index (χ2v) is 9.31. The van der Waals surface area contributed by atoms with Gasteiger partial charge in [0, 0.05) is 31.3 Å². The number of aliphatic hydroxyl groups is 3. The number of ketones is 2. The van der Waals surface area contributed by atoms with Crippen molar-refractivity contribution in [3.05, 3.63) is 40.2 Å². The summed E-state index contributed by atoms with van der Waals surface area (Å²) in [6, 6.07) is 2.01. The van der Waals surface area contributed by atoms with Crippen LogP contribution in [0, 0.1) is 11.8 Å². The number of carbonyl (C=O) groups excluding carboxylic acids is 3. The van der Waals surface area contributed by atoms with Crippen molar-refractivity contribution >= 4 is 66.1 Å². The van der Waals surface area contributed by atoms with Crippen LogP contribution in [0.15, 0.2) is 29.0 Å². The second-order valence-electron chi connectivity index (χ2n) is 9.31. The van der Waals surface area contributed by atoms with Crippen molar-refractivity contribution in [1.29, 1.82) is 0 Å². The fourth-order valence-corrected chi connectivity index (χ4v) is 5.65. The van der Waals surface area contributed by atoms with Crippen molar-refractivity contribution in [2.24, 2.45) is 17.6 Å². The number of likely N-dealkylation sites (N-methyl/N-ethyl adjacent to an activating group) is 1. The number of hydrogen-bond acceptors (Lipinski definition) is 9. The molecule has 6 N–H and O–H groups in total. The maximum atomic E-state index is 13.7. The molecule has 1 amide bonds. The Morgan fingerprint density at radius 3 is 2.14 bits per heavy atom. The van der Waals surface area contributed by atoms with E-state index in [9.17, 15) is 34.8 Å². The number of carbonyl (C=O) groups is 3. The third-order valence-corrected chi connectivity index (χ3v) is 7.06. The third-order valence-electron chi connectivity index (χ3n) is 7.06. The van der Waals surface area contributed by atoms with Crippen LogP contribution in [0.5, 0.6) is 5.75 Å². The van der Waals surface area contributed by atoms with Gasteiger partial charge in [0.2, 0.25) is 5.78 Å². The lowest BCUT2D eigenvalue weighted by Crippen LogP contribution is -2.65. The molecule has 0 saturated heterocycles. The number of rotatable bonds is 3. The fraction of sp³-hybridized carbons (Fsp3) is 0.435. The second kappa shape index (κ2) is 10.5. The van der Waals surface area contributed by atoms with Gasteiger partial charge in [-0.25, -0.2) is 0 Å². The SMILES string of the molecule is CN(C)c1ccc(O)c2c1C[C@H]1C[C@H]3[C@H](N(C)C)C(=O)C(C(N)=O)=C(O)[C@@]3(O)C(=O)C1=C2O.Cl.Cl.Cl. The number of aliphatic hydroxyl groups excluding tert-OH is 2. The molecule has 1 fully saturated rings. The first-order chi connectivity index (χ1) is 15.3. The largest absolute Gasteiger partial charge is 0.508 e. The highest BCUT2D eigenvalue weighted by Gasteiger charge is 2.64. The van der Waals surface area contributed by atoms with Gasteiger partial charge in [-0.2, -0.15) is 0 Å². The van der Waals surface area contributed by atoms with Gasteiger partial charge >= 0.3 is 0 Å². The minimum atomic E-state index is -2.63. The normalized spacial score (nSPS) is 26.7. The van der Waals surface area contributed by atoms with Crippen molar-refractivity contribution in [1.82, 2.24) is 4.90 Å². The van der Waals surface area contributed by atoms with E-state index in [2.05, 4.69) is 0 Å². The van der Waals surface area contributed by atoms with Gasteiger partial charge in [-0.3, -0.25) is 19.3 Å². The number of phenolic OH excluding ortho intramolecular Hbond substituents is 1. The summed E-state index contributed by atoms with van der Waals surface area (Å²) in [6.45, 7) is 0. The molecule has 0 aromatic heterocycles. The number of phenols is 1. The molecule has 36 heavy (non-hydrogen) atoms. The zero-order valence-corrected chi connectivity index (χ0v) is 22.5. The minimum absolute atomic E-state index is 0. The highest BCUT2D eigenvalue weighted by atomic mass is 35.5. The molecule has 200 valence electrons. The minimum Gasteiger partial charge on any atom is -0.508 e. The van der Waals surface area contributed by atoms with E-state index in [1.807, 2.05) is 19.0 Å². The number of benzene rings is 1. The van der Waals surface area contributed by atoms with Crippen LogP contribution in [0.4, 0.5) is 5.69 Å². The van der Waals surface area contributed by atoms with Crippen molar-refractivity contribution < 1.29 is 34.8 Å². The Morgan fingerprint density at radius 2 is 1.64 bits per heavy atom. The van der Waals surface area contributed by atoms with Gasteiger partial charge < -0.3 is 31.1 Å². The summed E-state index contributed by atoms with van der Waals surface area (Å²) >= 11 is 0. The lowest BCUT2D eigenvalue weighted by Gasteiger charge is -2.50. The summed E-state index contributed by atoms with van der Waals surface area (Å²) in [4.78, 5) is 42.0. The van der Waals surface area contributed by atoms with Gasteiger partial charge in [-0.05, 0) is 50.6 Å². The first-order valence-electron chi connectivity index (χ1n) is 10.5. The number of nitrogens with zero attached hydrogens (tertiary/aromatic N) is 2. The fourth-order valence-electron chi connectivity index (χ4n) is 5.65. The van der Waals surface area contributed by atoms with Crippen LogP contribution >= 0.6 is 37.2 Å². The van der Waals surface area contributed by atoms with Crippen molar-refractivity contribution in [3.63, 3.8) is 0 Å². The smallest absolute Gasteiger partial charge is 0.255 e. The molecular formula is C23H30Cl3N3O7. The standard InChI is InChI=1S/C23H27N3O7.3ClH/c1-25(2)12-5-6-13(27)15-10(12)7-9-8-11-17(26(3)4)19(29)16(22(24)32)21(31)23(11,33)20(30)14(9)18(15)28;;;/h5-6,9,11,17,27-28,31,33H,7-8H2,1-4H3,(H2,24,32);3*1H/t9-,11-,17-,23-;;;/m0.../s1. The van der Waals surface area contributed by atoms with Crippen molar-refractivity contribution in [3.8, 4) is 5.75 Å². The Morgan fingerprint density at radius 1 is 1.06 bits per heavy atom. The molecule has 3 aliphatic carbocycles. The van der Waals surface area contributed by atoms with Crippen LogP contribution in [0.2, 0.25) is 0 Å². The van der Waals surface area contributed by atoms with Crippen LogP contribution in [0.1, 0.15) is 17.5 Å². The summed E-state index contributed by atoms with van der Waals surface area (Å²) in [5.41, 5.74) is 3.15. The molecule has 13 heteroatoms. The maximum absolute atomic E-state index is 13.7. The van der Waals surface area contributed by atoms with Gasteiger partial charge in [-0.1, -0.05) is 0 Å². The van der Waals surface area contributed by atoms with E-state index in [0.717, 1.165) is 5.69 Å². The van der Waals surface area contributed by atoms with Crippen molar-refractivity contribution in [2.45, 2.75) is 24.5 Å². The van der Waals surface area contributed by atoms with E-state index < -0.39 is 58.0 Å². The number of halogens is 3. The molecule has 1 saturated carbocycles. The van der Waals surface area contributed by atoms with Crippen LogP contribution < -0.4 is 10.6 Å². The van der Waals surface area contributed by atoms with Gasteiger partial charge in [0.15, 0.2) is 11.4 Å². The van der Waals surface area contributed by atoms with Crippen LogP contribution in [-0.4, -0.2) is 82.6 Å². The molecule has 0 heterocycles. The topological polar surface area (TPSA) is 165 Å². The number of nitrogens with two attached hydrogens (primary N) is 1. The molecule has 1 aromatic rings. The predicted octanol–water partition coefficient (Wildman–Crippen LogP) is 1.30. The van der Waals surface area contributed by atoms with Crippen LogP contribution in [-0.2, 0) is 20.8 Å². The van der Waals surface area contributed by atoms with E-state index in [0.29, 0.717) is 5.56 Å². The van der Waals surface area contributed by atoms with Gasteiger partial charge in [0.05, 0.1) is 11.6 Å².